The monoisotopic (exact) mass is 219 g/mol. The van der Waals surface area contributed by atoms with E-state index in [-0.39, 0.29) is 11.9 Å². The number of aryl methyl sites for hydroxylation is 1. The third kappa shape index (κ3) is 3.67. The minimum absolute atomic E-state index is 0.0550. The average Bonchev–Trinajstić information content (AvgIpc) is 2.22. The average molecular weight is 219 g/mol. The van der Waals surface area contributed by atoms with E-state index in [2.05, 4.69) is 18.2 Å². The molecule has 0 aliphatic rings. The number of hydrogen-bond acceptors (Lipinski definition) is 1. The van der Waals surface area contributed by atoms with Crippen LogP contribution in [0.1, 0.15) is 36.9 Å². The van der Waals surface area contributed by atoms with Crippen LogP contribution in [0.5, 0.6) is 0 Å². The van der Waals surface area contributed by atoms with Crippen LogP contribution in [0.25, 0.3) is 0 Å². The first-order valence-corrected chi connectivity index (χ1v) is 5.61. The summed E-state index contributed by atoms with van der Waals surface area (Å²) in [5.41, 5.74) is 1.86. The van der Waals surface area contributed by atoms with Gasteiger partial charge in [-0.1, -0.05) is 13.0 Å². The van der Waals surface area contributed by atoms with Crippen LogP contribution in [0.15, 0.2) is 18.2 Å². The highest BCUT2D eigenvalue weighted by atomic mass is 19.1. The summed E-state index contributed by atoms with van der Waals surface area (Å²) in [7, 11) is 0. The Morgan fingerprint density at radius 3 is 2.75 bits per heavy atom. The zero-order valence-corrected chi connectivity index (χ0v) is 9.89. The number of nitrogens with one attached hydrogen (secondary N) is 1. The van der Waals surface area contributed by atoms with Gasteiger partial charge >= 0.3 is 0 Å². The first kappa shape index (κ1) is 12.7. The standard InChI is InChI=1S/C14H18FN/c1-4-6-14(16-7-5-2)12-8-11(3)9-13(15)10-12/h1,8-10,14,16H,5-7H2,2-3H3. The van der Waals surface area contributed by atoms with Gasteiger partial charge in [-0.2, -0.15) is 0 Å². The van der Waals surface area contributed by atoms with Crippen LogP contribution < -0.4 is 5.32 Å². The van der Waals surface area contributed by atoms with E-state index in [1.807, 2.05) is 13.0 Å². The summed E-state index contributed by atoms with van der Waals surface area (Å²) < 4.78 is 13.3. The number of benzene rings is 1. The lowest BCUT2D eigenvalue weighted by Crippen LogP contribution is -2.22. The zero-order valence-electron chi connectivity index (χ0n) is 9.89. The molecule has 0 aliphatic heterocycles. The van der Waals surface area contributed by atoms with Crippen LogP contribution in [0.2, 0.25) is 0 Å². The van der Waals surface area contributed by atoms with E-state index in [0.717, 1.165) is 24.1 Å². The van der Waals surface area contributed by atoms with Crippen molar-refractivity contribution >= 4 is 0 Å². The van der Waals surface area contributed by atoms with E-state index >= 15 is 0 Å². The first-order valence-electron chi connectivity index (χ1n) is 5.61. The van der Waals surface area contributed by atoms with Crippen molar-refractivity contribution in [1.29, 1.82) is 0 Å². The molecule has 0 aliphatic carbocycles. The maximum absolute atomic E-state index is 13.3. The quantitative estimate of drug-likeness (QED) is 0.750. The van der Waals surface area contributed by atoms with Gasteiger partial charge < -0.3 is 5.32 Å². The minimum atomic E-state index is -0.199. The summed E-state index contributed by atoms with van der Waals surface area (Å²) in [5.74, 6) is 2.43. The molecule has 0 amide bonds. The molecule has 0 saturated carbocycles. The molecule has 1 atom stereocenters. The molecule has 1 N–H and O–H groups in total. The Bertz CT molecular complexity index is 359. The van der Waals surface area contributed by atoms with E-state index in [1.165, 1.54) is 6.07 Å². The Balaban J connectivity index is 2.87. The molecule has 1 aromatic carbocycles. The van der Waals surface area contributed by atoms with Gasteiger partial charge in [-0.3, -0.25) is 0 Å². The smallest absolute Gasteiger partial charge is 0.123 e. The Hall–Kier alpha value is -1.33. The van der Waals surface area contributed by atoms with Crippen molar-refractivity contribution in [2.24, 2.45) is 0 Å². The number of halogens is 1. The van der Waals surface area contributed by atoms with Crippen LogP contribution in [-0.2, 0) is 0 Å². The van der Waals surface area contributed by atoms with Crippen LogP contribution in [0, 0.1) is 25.1 Å². The molecule has 16 heavy (non-hydrogen) atoms. The van der Waals surface area contributed by atoms with Gasteiger partial charge in [-0.25, -0.2) is 4.39 Å². The summed E-state index contributed by atoms with van der Waals surface area (Å²) in [4.78, 5) is 0. The molecule has 0 bridgehead atoms. The highest BCUT2D eigenvalue weighted by molar-refractivity contribution is 5.27. The van der Waals surface area contributed by atoms with Crippen LogP contribution in [0.4, 0.5) is 4.39 Å². The van der Waals surface area contributed by atoms with Crippen molar-refractivity contribution < 1.29 is 4.39 Å². The lowest BCUT2D eigenvalue weighted by Gasteiger charge is -2.17. The van der Waals surface area contributed by atoms with Crippen LogP contribution in [0.3, 0.4) is 0 Å². The molecule has 0 radical (unpaired) electrons. The molecule has 86 valence electrons. The molecule has 0 fully saturated rings. The van der Waals surface area contributed by atoms with E-state index < -0.39 is 0 Å². The van der Waals surface area contributed by atoms with Crippen molar-refractivity contribution in [3.05, 3.63) is 35.1 Å². The topological polar surface area (TPSA) is 12.0 Å². The van der Waals surface area contributed by atoms with Gasteiger partial charge in [-0.05, 0) is 43.1 Å². The van der Waals surface area contributed by atoms with Crippen molar-refractivity contribution in [2.75, 3.05) is 6.54 Å². The van der Waals surface area contributed by atoms with Crippen LogP contribution in [-0.4, -0.2) is 6.54 Å². The fourth-order valence-corrected chi connectivity index (χ4v) is 1.71. The summed E-state index contributed by atoms with van der Waals surface area (Å²) in [6, 6.07) is 5.11. The van der Waals surface area contributed by atoms with Crippen LogP contribution >= 0.6 is 0 Å². The van der Waals surface area contributed by atoms with Gasteiger partial charge in [-0.15, -0.1) is 12.3 Å². The highest BCUT2D eigenvalue weighted by Crippen LogP contribution is 2.19. The molecule has 0 aromatic heterocycles. The summed E-state index contributed by atoms with van der Waals surface area (Å²) >= 11 is 0. The third-order valence-electron chi connectivity index (χ3n) is 2.43. The number of terminal acetylenes is 1. The second kappa shape index (κ2) is 6.30. The van der Waals surface area contributed by atoms with Crippen molar-refractivity contribution in [3.63, 3.8) is 0 Å². The zero-order chi connectivity index (χ0) is 12.0. The molecule has 0 spiro atoms. The summed E-state index contributed by atoms with van der Waals surface area (Å²) in [6.45, 7) is 4.87. The maximum Gasteiger partial charge on any atom is 0.123 e. The number of rotatable bonds is 5. The van der Waals surface area contributed by atoms with Gasteiger partial charge in [0.2, 0.25) is 0 Å². The maximum atomic E-state index is 13.3. The Morgan fingerprint density at radius 2 is 2.19 bits per heavy atom. The Morgan fingerprint density at radius 1 is 1.44 bits per heavy atom. The Labute approximate surface area is 97.1 Å². The van der Waals surface area contributed by atoms with E-state index in [1.54, 1.807) is 6.07 Å². The van der Waals surface area contributed by atoms with Crippen molar-refractivity contribution in [2.45, 2.75) is 32.7 Å². The first-order chi connectivity index (χ1) is 7.67. The van der Waals surface area contributed by atoms with Gasteiger partial charge in [0.05, 0.1) is 0 Å². The molecule has 0 heterocycles. The van der Waals surface area contributed by atoms with Gasteiger partial charge in [0.25, 0.3) is 0 Å². The van der Waals surface area contributed by atoms with E-state index in [0.29, 0.717) is 6.42 Å². The SMILES string of the molecule is C#CCC(NCCC)c1cc(C)cc(F)c1. The predicted molar refractivity (Wildman–Crippen MR) is 65.6 cm³/mol. The van der Waals surface area contributed by atoms with Crippen molar-refractivity contribution in [3.8, 4) is 12.3 Å². The third-order valence-corrected chi connectivity index (χ3v) is 2.43. The molecule has 1 nitrogen and oxygen atoms in total. The molecule has 1 rings (SSSR count). The molecule has 2 heteroatoms. The molecule has 1 unspecified atom stereocenters. The van der Waals surface area contributed by atoms with Gasteiger partial charge in [0, 0.05) is 12.5 Å². The fourth-order valence-electron chi connectivity index (χ4n) is 1.71. The molecule has 0 saturated heterocycles. The second-order valence-corrected chi connectivity index (χ2v) is 3.98. The number of hydrogen-bond donors (Lipinski definition) is 1. The van der Waals surface area contributed by atoms with E-state index in [4.69, 9.17) is 6.42 Å². The van der Waals surface area contributed by atoms with Gasteiger partial charge in [0.15, 0.2) is 0 Å². The summed E-state index contributed by atoms with van der Waals surface area (Å²) in [6.07, 6.45) is 6.95. The summed E-state index contributed by atoms with van der Waals surface area (Å²) in [5, 5.41) is 3.33. The minimum Gasteiger partial charge on any atom is -0.309 e. The highest BCUT2D eigenvalue weighted by Gasteiger charge is 2.10. The molecule has 1 aromatic rings. The second-order valence-electron chi connectivity index (χ2n) is 3.98. The van der Waals surface area contributed by atoms with E-state index in [9.17, 15) is 4.39 Å². The Kier molecular flexibility index (Phi) is 5.01. The largest absolute Gasteiger partial charge is 0.309 e. The van der Waals surface area contributed by atoms with Gasteiger partial charge in [0.1, 0.15) is 5.82 Å². The lowest BCUT2D eigenvalue weighted by atomic mass is 10.0. The normalized spacial score (nSPS) is 12.1. The predicted octanol–water partition coefficient (Wildman–Crippen LogP) is 3.20. The van der Waals surface area contributed by atoms with Crippen molar-refractivity contribution in [1.82, 2.24) is 5.32 Å². The molecular formula is C14H18FN. The fraction of sp³-hybridized carbons (Fsp3) is 0.429. The lowest BCUT2D eigenvalue weighted by molar-refractivity contribution is 0.536. The molecular weight excluding hydrogens is 201 g/mol.